The van der Waals surface area contributed by atoms with Gasteiger partial charge in [0.1, 0.15) is 12.0 Å². The first-order valence-electron chi connectivity index (χ1n) is 7.76. The molecule has 24 heavy (non-hydrogen) atoms. The van der Waals surface area contributed by atoms with Gasteiger partial charge in [-0.2, -0.15) is 0 Å². The molecule has 0 saturated carbocycles. The van der Waals surface area contributed by atoms with E-state index in [-0.39, 0.29) is 6.04 Å². The number of carboxylic acids is 1. The number of hydrogen-bond acceptors (Lipinski definition) is 6. The number of fused-ring (bicyclic) bond motifs is 2. The SMILES string of the molecule is CN1[C@@H]2CC[C@H]1C(N=C=S)(C(=O)c1ccccc1)[C@H](O)[C@@H]2C(=O)O. The summed E-state index contributed by atoms with van der Waals surface area (Å²) in [6.45, 7) is 0. The summed E-state index contributed by atoms with van der Waals surface area (Å²) in [5.41, 5.74) is -1.28. The lowest BCUT2D eigenvalue weighted by atomic mass is 9.70. The number of thiocarbonyl (C=S) groups is 1. The minimum absolute atomic E-state index is 0.320. The fraction of sp³-hybridized carbons (Fsp3) is 0.471. The fourth-order valence-corrected chi connectivity index (χ4v) is 4.44. The Kier molecular flexibility index (Phi) is 4.36. The van der Waals surface area contributed by atoms with Crippen molar-refractivity contribution in [3.63, 3.8) is 0 Å². The highest BCUT2D eigenvalue weighted by molar-refractivity contribution is 7.78. The van der Waals surface area contributed by atoms with Gasteiger partial charge in [-0.15, -0.1) is 0 Å². The van der Waals surface area contributed by atoms with E-state index in [0.29, 0.717) is 18.4 Å². The van der Waals surface area contributed by atoms with Crippen LogP contribution in [-0.2, 0) is 4.79 Å². The lowest BCUT2D eigenvalue weighted by Gasteiger charge is -2.49. The Hall–Kier alpha value is -1.92. The van der Waals surface area contributed by atoms with Gasteiger partial charge in [-0.05, 0) is 32.1 Å². The van der Waals surface area contributed by atoms with Crippen LogP contribution in [0.15, 0.2) is 35.3 Å². The Balaban J connectivity index is 2.19. The van der Waals surface area contributed by atoms with Crippen molar-refractivity contribution >= 4 is 29.1 Å². The van der Waals surface area contributed by atoms with Gasteiger partial charge in [-0.1, -0.05) is 30.3 Å². The fourth-order valence-electron chi connectivity index (χ4n) is 4.28. The number of piperidine rings is 1. The van der Waals surface area contributed by atoms with Gasteiger partial charge < -0.3 is 10.2 Å². The predicted octanol–water partition coefficient (Wildman–Crippen LogP) is 1.25. The number of aliphatic carboxylic acids is 1. The molecule has 1 aromatic rings. The van der Waals surface area contributed by atoms with Gasteiger partial charge in [0.15, 0.2) is 11.3 Å². The van der Waals surface area contributed by atoms with Crippen molar-refractivity contribution in [1.29, 1.82) is 0 Å². The summed E-state index contributed by atoms with van der Waals surface area (Å²) in [7, 11) is 1.77. The molecule has 1 unspecified atom stereocenters. The van der Waals surface area contributed by atoms with Gasteiger partial charge in [0, 0.05) is 17.6 Å². The first-order chi connectivity index (χ1) is 11.4. The second-order valence-electron chi connectivity index (χ2n) is 6.36. The summed E-state index contributed by atoms with van der Waals surface area (Å²) in [5, 5.41) is 22.7. The number of Topliss-reactive ketones (excluding diaryl/α,β-unsaturated/α-hetero) is 1. The molecule has 2 heterocycles. The molecule has 2 bridgehead atoms. The Labute approximate surface area is 144 Å². The van der Waals surface area contributed by atoms with Gasteiger partial charge in [0.2, 0.25) is 0 Å². The number of ketones is 1. The van der Waals surface area contributed by atoms with Crippen molar-refractivity contribution in [2.24, 2.45) is 10.9 Å². The van der Waals surface area contributed by atoms with Crippen LogP contribution in [0.25, 0.3) is 0 Å². The van der Waals surface area contributed by atoms with Crippen LogP contribution in [0.4, 0.5) is 0 Å². The van der Waals surface area contributed by atoms with Crippen LogP contribution in [0.3, 0.4) is 0 Å². The van der Waals surface area contributed by atoms with Gasteiger partial charge in [-0.3, -0.25) is 14.5 Å². The van der Waals surface area contributed by atoms with E-state index in [2.05, 4.69) is 10.2 Å². The molecule has 2 aliphatic heterocycles. The number of aliphatic imine (C=N–C) groups is 1. The largest absolute Gasteiger partial charge is 0.481 e. The molecule has 2 N–H and O–H groups in total. The second kappa shape index (κ2) is 6.18. The second-order valence-corrected chi connectivity index (χ2v) is 6.54. The summed E-state index contributed by atoms with van der Waals surface area (Å²) < 4.78 is 0. The van der Waals surface area contributed by atoms with E-state index in [4.69, 9.17) is 12.2 Å². The number of carboxylic acid groups (broad SMARTS) is 1. The van der Waals surface area contributed by atoms with E-state index in [1.807, 2.05) is 4.90 Å². The maximum atomic E-state index is 13.3. The van der Waals surface area contributed by atoms with Gasteiger partial charge in [0.05, 0.1) is 5.16 Å². The molecular formula is C17H18N2O4S. The smallest absolute Gasteiger partial charge is 0.310 e. The predicted molar refractivity (Wildman–Crippen MR) is 90.2 cm³/mol. The van der Waals surface area contributed by atoms with Crippen LogP contribution in [0.5, 0.6) is 0 Å². The number of carbonyl (C=O) groups is 2. The summed E-state index contributed by atoms with van der Waals surface area (Å²) in [6.07, 6.45) is -0.292. The molecule has 7 heteroatoms. The highest BCUT2D eigenvalue weighted by atomic mass is 32.1. The number of nitrogens with zero attached hydrogens (tertiary/aromatic N) is 2. The third-order valence-electron chi connectivity index (χ3n) is 5.38. The molecule has 126 valence electrons. The van der Waals surface area contributed by atoms with Crippen molar-refractivity contribution in [3.8, 4) is 0 Å². The molecule has 2 fully saturated rings. The number of carbonyl (C=O) groups excluding carboxylic acids is 1. The summed E-state index contributed by atoms with van der Waals surface area (Å²) in [6, 6.07) is 7.75. The van der Waals surface area contributed by atoms with Crippen LogP contribution in [0.2, 0.25) is 0 Å². The quantitative estimate of drug-likeness (QED) is 0.484. The maximum absolute atomic E-state index is 13.3. The third-order valence-corrected chi connectivity index (χ3v) is 5.47. The molecule has 3 rings (SSSR count). The van der Waals surface area contributed by atoms with Gasteiger partial charge in [-0.25, -0.2) is 4.99 Å². The number of likely N-dealkylation sites (N-methyl/N-ethyl adjacent to an activating group) is 1. The molecule has 5 atom stereocenters. The van der Waals surface area contributed by atoms with E-state index in [0.717, 1.165) is 0 Å². The van der Waals surface area contributed by atoms with Crippen molar-refractivity contribution < 1.29 is 19.8 Å². The molecule has 0 aliphatic carbocycles. The molecule has 0 spiro atoms. The Morgan fingerprint density at radius 1 is 1.33 bits per heavy atom. The monoisotopic (exact) mass is 346 g/mol. The van der Waals surface area contributed by atoms with Crippen LogP contribution in [-0.4, -0.2) is 62.8 Å². The molecule has 0 aromatic heterocycles. The summed E-state index contributed by atoms with van der Waals surface area (Å²) >= 11 is 4.74. The number of benzene rings is 1. The first kappa shape index (κ1) is 16.9. The lowest BCUT2D eigenvalue weighted by Crippen LogP contribution is -2.69. The zero-order chi connectivity index (χ0) is 17.5. The Morgan fingerprint density at radius 3 is 2.58 bits per heavy atom. The summed E-state index contributed by atoms with van der Waals surface area (Å²) in [4.78, 5) is 31.0. The van der Waals surface area contributed by atoms with E-state index < -0.39 is 35.4 Å². The topological polar surface area (TPSA) is 90.2 Å². The number of hydrogen-bond donors (Lipinski definition) is 2. The van der Waals surface area contributed by atoms with E-state index in [1.54, 1.807) is 37.4 Å². The molecule has 0 radical (unpaired) electrons. The first-order valence-corrected chi connectivity index (χ1v) is 8.17. The van der Waals surface area contributed by atoms with E-state index in [1.165, 1.54) is 0 Å². The van der Waals surface area contributed by atoms with Crippen LogP contribution >= 0.6 is 12.2 Å². The Bertz CT molecular complexity index is 719. The van der Waals surface area contributed by atoms with Crippen LogP contribution < -0.4 is 0 Å². The van der Waals surface area contributed by atoms with Gasteiger partial charge >= 0.3 is 5.97 Å². The average molecular weight is 346 g/mol. The molecule has 0 amide bonds. The van der Waals surface area contributed by atoms with Crippen molar-refractivity contribution in [3.05, 3.63) is 35.9 Å². The zero-order valence-electron chi connectivity index (χ0n) is 13.1. The minimum atomic E-state index is -1.64. The van der Waals surface area contributed by atoms with Gasteiger partial charge in [0.25, 0.3) is 0 Å². The maximum Gasteiger partial charge on any atom is 0.310 e. The third kappa shape index (κ3) is 2.24. The number of rotatable bonds is 4. The average Bonchev–Trinajstić information content (AvgIpc) is 2.87. The van der Waals surface area contributed by atoms with E-state index in [9.17, 15) is 19.8 Å². The summed E-state index contributed by atoms with van der Waals surface area (Å²) in [5.74, 6) is -2.66. The highest BCUT2D eigenvalue weighted by Crippen LogP contribution is 2.47. The zero-order valence-corrected chi connectivity index (χ0v) is 13.9. The lowest BCUT2D eigenvalue weighted by molar-refractivity contribution is -0.155. The highest BCUT2D eigenvalue weighted by Gasteiger charge is 2.65. The van der Waals surface area contributed by atoms with Crippen LogP contribution in [0.1, 0.15) is 23.2 Å². The number of aliphatic hydroxyl groups is 1. The number of isothiocyanates is 1. The standard InChI is InChI=1S/C17H18N2O4S/c1-19-11-7-8-12(19)17(18-9-24,15(21)13(11)16(22)23)14(20)10-5-3-2-4-6-10/h2-6,11-13,15,21H,7-8H2,1H3,(H,22,23)/t11-,12+,13-,15-,17?/m1/s1. The van der Waals surface area contributed by atoms with Crippen molar-refractivity contribution in [2.45, 2.75) is 36.6 Å². The van der Waals surface area contributed by atoms with E-state index >= 15 is 0 Å². The molecule has 6 nitrogen and oxygen atoms in total. The molecular weight excluding hydrogens is 328 g/mol. The number of aliphatic hydroxyl groups excluding tert-OH is 1. The Morgan fingerprint density at radius 2 is 2.00 bits per heavy atom. The van der Waals surface area contributed by atoms with Crippen molar-refractivity contribution in [1.82, 2.24) is 4.90 Å². The molecule has 2 saturated heterocycles. The normalized spacial score (nSPS) is 35.2. The van der Waals surface area contributed by atoms with Crippen molar-refractivity contribution in [2.75, 3.05) is 7.05 Å². The molecule has 2 aliphatic rings. The molecule has 1 aromatic carbocycles. The minimum Gasteiger partial charge on any atom is -0.481 e. The van der Waals surface area contributed by atoms with Crippen LogP contribution in [0, 0.1) is 5.92 Å².